The van der Waals surface area contributed by atoms with Crippen molar-refractivity contribution in [3.8, 4) is 0 Å². The molecule has 0 spiro atoms. The first-order valence-electron chi connectivity index (χ1n) is 9.05. The van der Waals surface area contributed by atoms with Crippen molar-refractivity contribution in [3.05, 3.63) is 65.2 Å². The molecule has 140 valence electrons. The fraction of sp³-hybridized carbons (Fsp3) is 0.286. The molecule has 2 N–H and O–H groups in total. The largest absolute Gasteiger partial charge is 0.335 e. The Morgan fingerprint density at radius 2 is 1.81 bits per heavy atom. The molecular weight excluding hydrogens is 356 g/mol. The van der Waals surface area contributed by atoms with Crippen LogP contribution in [0.4, 0.5) is 5.69 Å². The summed E-state index contributed by atoms with van der Waals surface area (Å²) in [6, 6.07) is 15.4. The summed E-state index contributed by atoms with van der Waals surface area (Å²) >= 11 is 1.79. The van der Waals surface area contributed by atoms with Gasteiger partial charge in [-0.2, -0.15) is 5.10 Å². The van der Waals surface area contributed by atoms with E-state index in [2.05, 4.69) is 27.8 Å². The molecule has 0 saturated heterocycles. The average Bonchev–Trinajstić information content (AvgIpc) is 3.14. The average molecular weight is 381 g/mol. The van der Waals surface area contributed by atoms with E-state index in [1.54, 1.807) is 23.9 Å². The Balaban J connectivity index is 1.58. The SMILES string of the molecule is CC[C@@H]1CN=C(Nc2ccc(/C(C)=N\NC(=O)c3ccc(C)cc3)cc2)S1. The molecule has 0 bridgehead atoms. The van der Waals surface area contributed by atoms with Gasteiger partial charge in [-0.3, -0.25) is 9.79 Å². The first kappa shape index (κ1) is 19.2. The molecular formula is C21H24N4OS. The zero-order valence-corrected chi connectivity index (χ0v) is 16.6. The highest BCUT2D eigenvalue weighted by atomic mass is 32.2. The lowest BCUT2D eigenvalue weighted by Crippen LogP contribution is -2.19. The van der Waals surface area contributed by atoms with Crippen LogP contribution >= 0.6 is 11.8 Å². The van der Waals surface area contributed by atoms with Crippen molar-refractivity contribution in [2.24, 2.45) is 10.1 Å². The molecule has 0 radical (unpaired) electrons. The standard InChI is InChI=1S/C21H24N4OS/c1-4-19-13-22-21(27-19)23-18-11-9-16(10-12-18)15(3)24-25-20(26)17-7-5-14(2)6-8-17/h5-12,19H,4,13H2,1-3H3,(H,22,23)(H,25,26)/b24-15-/t19-/m1/s1. The van der Waals surface area contributed by atoms with Crippen molar-refractivity contribution in [1.82, 2.24) is 5.43 Å². The number of thioether (sulfide) groups is 1. The molecule has 0 aromatic heterocycles. The molecule has 0 fully saturated rings. The van der Waals surface area contributed by atoms with E-state index in [1.165, 1.54) is 0 Å². The van der Waals surface area contributed by atoms with Crippen molar-refractivity contribution in [3.63, 3.8) is 0 Å². The third-order valence-electron chi connectivity index (χ3n) is 4.37. The van der Waals surface area contributed by atoms with Crippen molar-refractivity contribution < 1.29 is 4.79 Å². The lowest BCUT2D eigenvalue weighted by atomic mass is 10.1. The van der Waals surface area contributed by atoms with Crippen LogP contribution in [0, 0.1) is 6.92 Å². The number of nitrogens with one attached hydrogen (secondary N) is 2. The zero-order chi connectivity index (χ0) is 19.2. The second-order valence-corrected chi connectivity index (χ2v) is 7.79. The number of aryl methyl sites for hydroxylation is 1. The van der Waals surface area contributed by atoms with Crippen LogP contribution in [-0.4, -0.2) is 28.6 Å². The number of aliphatic imine (C=N–C) groups is 1. The van der Waals surface area contributed by atoms with Gasteiger partial charge in [0.1, 0.15) is 0 Å². The van der Waals surface area contributed by atoms with Gasteiger partial charge >= 0.3 is 0 Å². The van der Waals surface area contributed by atoms with Crippen LogP contribution < -0.4 is 10.7 Å². The Hall–Kier alpha value is -2.60. The van der Waals surface area contributed by atoms with Crippen molar-refractivity contribution in [2.75, 3.05) is 11.9 Å². The molecule has 0 saturated carbocycles. The molecule has 1 aliphatic heterocycles. The number of hydrazone groups is 1. The normalized spacial score (nSPS) is 16.8. The quantitative estimate of drug-likeness (QED) is 0.595. The minimum absolute atomic E-state index is 0.214. The predicted molar refractivity (Wildman–Crippen MR) is 115 cm³/mol. The highest BCUT2D eigenvalue weighted by molar-refractivity contribution is 8.15. The Morgan fingerprint density at radius 1 is 1.15 bits per heavy atom. The molecule has 1 atom stereocenters. The number of hydrogen-bond acceptors (Lipinski definition) is 5. The molecule has 5 nitrogen and oxygen atoms in total. The lowest BCUT2D eigenvalue weighted by Gasteiger charge is -2.08. The van der Waals surface area contributed by atoms with Gasteiger partial charge in [0.15, 0.2) is 5.17 Å². The van der Waals surface area contributed by atoms with E-state index in [1.807, 2.05) is 50.2 Å². The second-order valence-electron chi connectivity index (χ2n) is 6.50. The van der Waals surface area contributed by atoms with Crippen LogP contribution in [0.1, 0.15) is 41.8 Å². The maximum atomic E-state index is 12.1. The summed E-state index contributed by atoms with van der Waals surface area (Å²) in [5.41, 5.74) is 7.03. The summed E-state index contributed by atoms with van der Waals surface area (Å²) in [6.45, 7) is 6.93. The first-order valence-corrected chi connectivity index (χ1v) is 9.93. The summed E-state index contributed by atoms with van der Waals surface area (Å²) < 4.78 is 0. The molecule has 0 aliphatic carbocycles. The second kappa shape index (κ2) is 8.86. The number of carbonyl (C=O) groups is 1. The van der Waals surface area contributed by atoms with Crippen LogP contribution in [0.25, 0.3) is 0 Å². The van der Waals surface area contributed by atoms with Gasteiger partial charge in [-0.25, -0.2) is 5.43 Å². The maximum Gasteiger partial charge on any atom is 0.271 e. The van der Waals surface area contributed by atoms with E-state index in [-0.39, 0.29) is 5.91 Å². The number of anilines is 1. The van der Waals surface area contributed by atoms with Gasteiger partial charge in [0.2, 0.25) is 0 Å². The van der Waals surface area contributed by atoms with Crippen molar-refractivity contribution in [1.29, 1.82) is 0 Å². The van der Waals surface area contributed by atoms with Crippen molar-refractivity contribution in [2.45, 2.75) is 32.4 Å². The first-order chi connectivity index (χ1) is 13.0. The van der Waals surface area contributed by atoms with Gasteiger partial charge in [-0.15, -0.1) is 0 Å². The molecule has 2 aromatic rings. The van der Waals surface area contributed by atoms with Crippen LogP contribution in [0.15, 0.2) is 58.6 Å². The third kappa shape index (κ3) is 5.20. The van der Waals surface area contributed by atoms with E-state index < -0.39 is 0 Å². The predicted octanol–water partition coefficient (Wildman–Crippen LogP) is 4.44. The van der Waals surface area contributed by atoms with Gasteiger partial charge < -0.3 is 5.32 Å². The summed E-state index contributed by atoms with van der Waals surface area (Å²) in [5.74, 6) is -0.214. The number of nitrogens with zero attached hydrogens (tertiary/aromatic N) is 2. The molecule has 6 heteroatoms. The minimum atomic E-state index is -0.214. The fourth-order valence-corrected chi connectivity index (χ4v) is 3.54. The zero-order valence-electron chi connectivity index (χ0n) is 15.8. The third-order valence-corrected chi connectivity index (χ3v) is 5.64. The highest BCUT2D eigenvalue weighted by Crippen LogP contribution is 2.24. The maximum absolute atomic E-state index is 12.1. The minimum Gasteiger partial charge on any atom is -0.335 e. The van der Waals surface area contributed by atoms with Gasteiger partial charge in [-0.1, -0.05) is 48.5 Å². The molecule has 0 unspecified atom stereocenters. The van der Waals surface area contributed by atoms with Gasteiger partial charge in [0, 0.05) is 16.5 Å². The molecule has 3 rings (SSSR count). The van der Waals surface area contributed by atoms with Crippen LogP contribution in [0.3, 0.4) is 0 Å². The topological polar surface area (TPSA) is 65.8 Å². The summed E-state index contributed by atoms with van der Waals surface area (Å²) in [4.78, 5) is 16.7. The van der Waals surface area contributed by atoms with Gasteiger partial charge in [0.05, 0.1) is 12.3 Å². The summed E-state index contributed by atoms with van der Waals surface area (Å²) in [6.07, 6.45) is 1.13. The smallest absolute Gasteiger partial charge is 0.271 e. The van der Waals surface area contributed by atoms with E-state index in [9.17, 15) is 4.79 Å². The Labute approximate surface area is 164 Å². The van der Waals surface area contributed by atoms with Crippen LogP contribution in [-0.2, 0) is 0 Å². The van der Waals surface area contributed by atoms with E-state index in [0.717, 1.165) is 40.7 Å². The van der Waals surface area contributed by atoms with Crippen LogP contribution in [0.2, 0.25) is 0 Å². The number of carbonyl (C=O) groups excluding carboxylic acids is 1. The van der Waals surface area contributed by atoms with Gasteiger partial charge in [0.25, 0.3) is 5.91 Å². The van der Waals surface area contributed by atoms with E-state index in [0.29, 0.717) is 10.8 Å². The number of rotatable bonds is 5. The molecule has 1 heterocycles. The lowest BCUT2D eigenvalue weighted by molar-refractivity contribution is 0.0955. The van der Waals surface area contributed by atoms with Crippen LogP contribution in [0.5, 0.6) is 0 Å². The number of amides is 1. The number of benzene rings is 2. The molecule has 1 amide bonds. The molecule has 27 heavy (non-hydrogen) atoms. The van der Waals surface area contributed by atoms with E-state index in [4.69, 9.17) is 0 Å². The molecule has 2 aromatic carbocycles. The summed E-state index contributed by atoms with van der Waals surface area (Å²) in [7, 11) is 0. The molecule has 1 aliphatic rings. The number of hydrogen-bond donors (Lipinski definition) is 2. The summed E-state index contributed by atoms with van der Waals surface area (Å²) in [5, 5.41) is 9.13. The number of amidine groups is 1. The Bertz CT molecular complexity index is 857. The Kier molecular flexibility index (Phi) is 6.29. The monoisotopic (exact) mass is 380 g/mol. The van der Waals surface area contributed by atoms with E-state index >= 15 is 0 Å². The fourth-order valence-electron chi connectivity index (χ4n) is 2.59. The van der Waals surface area contributed by atoms with Gasteiger partial charge in [-0.05, 0) is 50.1 Å². The highest BCUT2D eigenvalue weighted by Gasteiger charge is 2.17. The Morgan fingerprint density at radius 3 is 2.44 bits per heavy atom. The van der Waals surface area contributed by atoms with Crippen molar-refractivity contribution >= 4 is 34.2 Å².